The van der Waals surface area contributed by atoms with Crippen molar-refractivity contribution >= 4 is 12.8 Å². The Labute approximate surface area is 81.9 Å². The molecule has 2 rings (SSSR count). The van der Waals surface area contributed by atoms with E-state index in [1.807, 2.05) is 37.3 Å². The van der Waals surface area contributed by atoms with Crippen molar-refractivity contribution < 1.29 is 0 Å². The maximum atomic E-state index is 4.17. The van der Waals surface area contributed by atoms with Crippen molar-refractivity contribution in [1.82, 2.24) is 14.4 Å². The van der Waals surface area contributed by atoms with Crippen LogP contribution in [0.4, 0.5) is 0 Å². The third kappa shape index (κ3) is 1.45. The first-order valence-electron chi connectivity index (χ1n) is 3.96. The number of nitrogens with zero attached hydrogens (tertiary/aromatic N) is 3. The molecule has 3 nitrogen and oxygen atoms in total. The SMILES string of the molecule is Cc1nnn(S)c1-c1ccccc1. The molecule has 0 unspecified atom stereocenters. The van der Waals surface area contributed by atoms with Crippen LogP contribution in [0, 0.1) is 6.92 Å². The molecular weight excluding hydrogens is 182 g/mol. The maximum absolute atomic E-state index is 4.17. The predicted octanol–water partition coefficient (Wildman–Crippen LogP) is 1.95. The summed E-state index contributed by atoms with van der Waals surface area (Å²) in [6.07, 6.45) is 0. The number of hydrogen-bond acceptors (Lipinski definition) is 3. The first-order valence-corrected chi connectivity index (χ1v) is 4.36. The molecule has 13 heavy (non-hydrogen) atoms. The Hall–Kier alpha value is -1.29. The summed E-state index contributed by atoms with van der Waals surface area (Å²) in [7, 11) is 0. The number of hydrogen-bond donors (Lipinski definition) is 1. The molecule has 0 radical (unpaired) electrons. The lowest BCUT2D eigenvalue weighted by Gasteiger charge is -1.99. The molecular formula is C9H9N3S. The quantitative estimate of drug-likeness (QED) is 0.698. The van der Waals surface area contributed by atoms with Crippen LogP contribution in [0.2, 0.25) is 0 Å². The third-order valence-electron chi connectivity index (χ3n) is 1.87. The monoisotopic (exact) mass is 191 g/mol. The van der Waals surface area contributed by atoms with E-state index in [1.54, 1.807) is 0 Å². The summed E-state index contributed by atoms with van der Waals surface area (Å²) in [4.78, 5) is 0. The number of aryl methyl sites for hydroxylation is 1. The van der Waals surface area contributed by atoms with E-state index in [-0.39, 0.29) is 0 Å². The van der Waals surface area contributed by atoms with E-state index in [1.165, 1.54) is 4.09 Å². The molecule has 1 aromatic carbocycles. The zero-order valence-corrected chi connectivity index (χ0v) is 8.07. The second-order valence-corrected chi connectivity index (χ2v) is 3.16. The standard InChI is InChI=1S/C9H9N3S/c1-7-9(12(13)11-10-7)8-5-3-2-4-6-8/h2-6,13H,1H3. The van der Waals surface area contributed by atoms with Gasteiger partial charge in [-0.3, -0.25) is 0 Å². The fourth-order valence-electron chi connectivity index (χ4n) is 1.27. The zero-order valence-electron chi connectivity index (χ0n) is 7.18. The molecule has 0 spiro atoms. The molecule has 0 amide bonds. The fraction of sp³-hybridized carbons (Fsp3) is 0.111. The highest BCUT2D eigenvalue weighted by molar-refractivity contribution is 7.78. The van der Waals surface area contributed by atoms with Gasteiger partial charge in [-0.15, -0.1) is 5.10 Å². The number of thiol groups is 1. The van der Waals surface area contributed by atoms with Gasteiger partial charge >= 0.3 is 0 Å². The molecule has 0 N–H and O–H groups in total. The Bertz CT molecular complexity index is 389. The lowest BCUT2D eigenvalue weighted by atomic mass is 10.1. The highest BCUT2D eigenvalue weighted by Gasteiger charge is 2.07. The van der Waals surface area contributed by atoms with Crippen molar-refractivity contribution in [2.75, 3.05) is 0 Å². The van der Waals surface area contributed by atoms with Crippen LogP contribution < -0.4 is 0 Å². The van der Waals surface area contributed by atoms with E-state index >= 15 is 0 Å². The molecule has 2 aromatic rings. The summed E-state index contributed by atoms with van der Waals surface area (Å²) >= 11 is 4.17. The lowest BCUT2D eigenvalue weighted by Crippen LogP contribution is -1.87. The Morgan fingerprint density at radius 2 is 1.92 bits per heavy atom. The molecule has 66 valence electrons. The highest BCUT2D eigenvalue weighted by Crippen LogP contribution is 2.21. The minimum atomic E-state index is 0.890. The van der Waals surface area contributed by atoms with Crippen molar-refractivity contribution in [1.29, 1.82) is 0 Å². The molecule has 1 heterocycles. The molecule has 0 aliphatic rings. The Morgan fingerprint density at radius 1 is 1.23 bits per heavy atom. The maximum Gasteiger partial charge on any atom is 0.104 e. The van der Waals surface area contributed by atoms with E-state index in [4.69, 9.17) is 0 Å². The van der Waals surface area contributed by atoms with Crippen molar-refractivity contribution in [3.63, 3.8) is 0 Å². The van der Waals surface area contributed by atoms with Gasteiger partial charge in [-0.2, -0.15) is 4.09 Å². The first-order chi connectivity index (χ1) is 6.29. The van der Waals surface area contributed by atoms with Crippen molar-refractivity contribution in [3.8, 4) is 11.3 Å². The second kappa shape index (κ2) is 3.22. The Balaban J connectivity index is 2.59. The van der Waals surface area contributed by atoms with Crippen LogP contribution in [0.15, 0.2) is 30.3 Å². The van der Waals surface area contributed by atoms with Crippen molar-refractivity contribution in [3.05, 3.63) is 36.0 Å². The van der Waals surface area contributed by atoms with Crippen molar-refractivity contribution in [2.24, 2.45) is 0 Å². The van der Waals surface area contributed by atoms with Crippen LogP contribution in [-0.2, 0) is 0 Å². The lowest BCUT2D eigenvalue weighted by molar-refractivity contribution is 0.891. The molecule has 0 saturated carbocycles. The smallest absolute Gasteiger partial charge is 0.104 e. The average molecular weight is 191 g/mol. The van der Waals surface area contributed by atoms with E-state index in [2.05, 4.69) is 23.1 Å². The van der Waals surface area contributed by atoms with Crippen LogP contribution in [0.25, 0.3) is 11.3 Å². The van der Waals surface area contributed by atoms with Gasteiger partial charge < -0.3 is 0 Å². The molecule has 0 fully saturated rings. The van der Waals surface area contributed by atoms with Crippen LogP contribution in [-0.4, -0.2) is 14.4 Å². The number of benzene rings is 1. The molecule has 0 atom stereocenters. The molecule has 0 aliphatic heterocycles. The van der Waals surface area contributed by atoms with E-state index in [9.17, 15) is 0 Å². The summed E-state index contributed by atoms with van der Waals surface area (Å²) in [5.41, 5.74) is 2.92. The van der Waals surface area contributed by atoms with Gasteiger partial charge in [0.25, 0.3) is 0 Å². The van der Waals surface area contributed by atoms with Gasteiger partial charge in [0.2, 0.25) is 0 Å². The van der Waals surface area contributed by atoms with Crippen LogP contribution in [0.5, 0.6) is 0 Å². The topological polar surface area (TPSA) is 30.7 Å². The van der Waals surface area contributed by atoms with Gasteiger partial charge in [-0.1, -0.05) is 35.5 Å². The van der Waals surface area contributed by atoms with Crippen LogP contribution >= 0.6 is 12.8 Å². The van der Waals surface area contributed by atoms with Gasteiger partial charge in [0.15, 0.2) is 0 Å². The molecule has 4 heteroatoms. The third-order valence-corrected chi connectivity index (χ3v) is 2.15. The minimum absolute atomic E-state index is 0.890. The summed E-state index contributed by atoms with van der Waals surface area (Å²) in [6, 6.07) is 9.97. The number of aromatic nitrogens is 3. The van der Waals surface area contributed by atoms with Gasteiger partial charge in [-0.05, 0) is 19.7 Å². The highest BCUT2D eigenvalue weighted by atomic mass is 32.1. The van der Waals surface area contributed by atoms with E-state index in [0.29, 0.717) is 0 Å². The van der Waals surface area contributed by atoms with Crippen LogP contribution in [0.3, 0.4) is 0 Å². The zero-order chi connectivity index (χ0) is 9.26. The van der Waals surface area contributed by atoms with E-state index < -0.39 is 0 Å². The van der Waals surface area contributed by atoms with Gasteiger partial charge in [0.05, 0.1) is 5.69 Å². The van der Waals surface area contributed by atoms with Crippen LogP contribution in [0.1, 0.15) is 5.69 Å². The Kier molecular flexibility index (Phi) is 2.06. The molecule has 0 aliphatic carbocycles. The van der Waals surface area contributed by atoms with E-state index in [0.717, 1.165) is 17.0 Å². The molecule has 0 bridgehead atoms. The average Bonchev–Trinajstić information content (AvgIpc) is 2.48. The normalized spacial score (nSPS) is 10.3. The van der Waals surface area contributed by atoms with Crippen molar-refractivity contribution in [2.45, 2.75) is 6.92 Å². The molecule has 1 aromatic heterocycles. The largest absolute Gasteiger partial charge is 0.189 e. The first kappa shape index (κ1) is 8.31. The second-order valence-electron chi connectivity index (χ2n) is 2.78. The summed E-state index contributed by atoms with van der Waals surface area (Å²) in [5.74, 6) is 0. The minimum Gasteiger partial charge on any atom is -0.189 e. The Morgan fingerprint density at radius 3 is 2.46 bits per heavy atom. The van der Waals surface area contributed by atoms with Gasteiger partial charge in [0.1, 0.15) is 5.69 Å². The van der Waals surface area contributed by atoms with Gasteiger partial charge in [0, 0.05) is 5.56 Å². The van der Waals surface area contributed by atoms with Gasteiger partial charge in [-0.25, -0.2) is 0 Å². The number of rotatable bonds is 1. The predicted molar refractivity (Wildman–Crippen MR) is 54.6 cm³/mol. The summed E-state index contributed by atoms with van der Waals surface area (Å²) in [5, 5.41) is 7.75. The summed E-state index contributed by atoms with van der Waals surface area (Å²) < 4.78 is 1.49. The molecule has 0 saturated heterocycles. The fourth-order valence-corrected chi connectivity index (χ4v) is 1.57. The summed E-state index contributed by atoms with van der Waals surface area (Å²) in [6.45, 7) is 1.92.